The van der Waals surface area contributed by atoms with E-state index in [1.165, 1.54) is 31.3 Å². The predicted octanol–water partition coefficient (Wildman–Crippen LogP) is 3.24. The first-order valence-corrected chi connectivity index (χ1v) is 7.99. The number of nitrogens with one attached hydrogen (secondary N) is 1. The van der Waals surface area contributed by atoms with Crippen LogP contribution in [-0.2, 0) is 11.2 Å². The van der Waals surface area contributed by atoms with Crippen molar-refractivity contribution >= 4 is 5.91 Å². The molecular weight excluding hydrogens is 262 g/mol. The molecule has 0 saturated carbocycles. The Labute approximate surface area is 126 Å². The lowest BCUT2D eigenvalue weighted by Gasteiger charge is -2.24. The molecule has 1 aliphatic heterocycles. The molecule has 3 nitrogen and oxygen atoms in total. The van der Waals surface area contributed by atoms with Crippen LogP contribution in [0.3, 0.4) is 0 Å². The molecule has 1 N–H and O–H groups in total. The average Bonchev–Trinajstić information content (AvgIpc) is 2.55. The molecule has 0 radical (unpaired) electrons. The number of hydrogen-bond donors (Lipinski definition) is 1. The van der Waals surface area contributed by atoms with E-state index in [0.29, 0.717) is 6.61 Å². The minimum absolute atomic E-state index is 0.0553. The van der Waals surface area contributed by atoms with Crippen LogP contribution in [0.5, 0.6) is 5.75 Å². The quantitative estimate of drug-likeness (QED) is 0.862. The summed E-state index contributed by atoms with van der Waals surface area (Å²) in [7, 11) is 0. The lowest BCUT2D eigenvalue weighted by atomic mass is 9.95. The maximum Gasteiger partial charge on any atom is 0.226 e. The molecule has 21 heavy (non-hydrogen) atoms. The summed E-state index contributed by atoms with van der Waals surface area (Å²) in [4.78, 5) is 12.2. The molecule has 1 heterocycles. The molecule has 2 aliphatic rings. The number of ether oxygens (including phenoxy) is 1. The zero-order chi connectivity index (χ0) is 14.5. The zero-order valence-electron chi connectivity index (χ0n) is 12.4. The Morgan fingerprint density at radius 3 is 3.05 bits per heavy atom. The minimum Gasteiger partial charge on any atom is -0.492 e. The fourth-order valence-electron chi connectivity index (χ4n) is 3.12. The molecule has 0 spiro atoms. The summed E-state index contributed by atoms with van der Waals surface area (Å²) in [5.41, 5.74) is 2.64. The van der Waals surface area contributed by atoms with Gasteiger partial charge in [0, 0.05) is 6.54 Å². The Kier molecular flexibility index (Phi) is 4.59. The van der Waals surface area contributed by atoms with Crippen LogP contribution in [0.1, 0.15) is 37.7 Å². The molecule has 3 rings (SSSR count). The van der Waals surface area contributed by atoms with Gasteiger partial charge in [-0.25, -0.2) is 0 Å². The van der Waals surface area contributed by atoms with Crippen LogP contribution in [0.25, 0.3) is 0 Å². The lowest BCUT2D eigenvalue weighted by Crippen LogP contribution is -2.37. The largest absolute Gasteiger partial charge is 0.492 e. The molecule has 0 aromatic heterocycles. The molecule has 3 heteroatoms. The molecule has 0 bridgehead atoms. The van der Waals surface area contributed by atoms with Gasteiger partial charge in [-0.1, -0.05) is 29.8 Å². The van der Waals surface area contributed by atoms with Gasteiger partial charge in [0.1, 0.15) is 12.4 Å². The number of benzene rings is 1. The van der Waals surface area contributed by atoms with Crippen LogP contribution in [0.4, 0.5) is 0 Å². The van der Waals surface area contributed by atoms with E-state index in [-0.39, 0.29) is 11.8 Å². The fourth-order valence-corrected chi connectivity index (χ4v) is 3.12. The van der Waals surface area contributed by atoms with Crippen molar-refractivity contribution in [2.24, 2.45) is 5.92 Å². The maximum atomic E-state index is 12.2. The third-order valence-corrected chi connectivity index (χ3v) is 4.38. The van der Waals surface area contributed by atoms with Crippen molar-refractivity contribution < 1.29 is 9.53 Å². The van der Waals surface area contributed by atoms with Gasteiger partial charge in [0.2, 0.25) is 5.91 Å². The van der Waals surface area contributed by atoms with Gasteiger partial charge in [-0.15, -0.1) is 0 Å². The SMILES string of the molecule is O=C(NCCC1=CCCCC1)C1COc2ccccc2C1. The molecule has 0 fully saturated rings. The second kappa shape index (κ2) is 6.79. The molecule has 1 aromatic rings. The van der Waals surface area contributed by atoms with Crippen LogP contribution in [0, 0.1) is 5.92 Å². The normalized spacial score (nSPS) is 21.0. The summed E-state index contributed by atoms with van der Waals surface area (Å²) >= 11 is 0. The van der Waals surface area contributed by atoms with Crippen molar-refractivity contribution in [2.75, 3.05) is 13.2 Å². The van der Waals surface area contributed by atoms with Gasteiger partial charge < -0.3 is 10.1 Å². The molecule has 1 amide bonds. The summed E-state index contributed by atoms with van der Waals surface area (Å²) in [5.74, 6) is 0.995. The van der Waals surface area contributed by atoms with E-state index in [1.807, 2.05) is 24.3 Å². The second-order valence-electron chi connectivity index (χ2n) is 5.97. The molecule has 112 valence electrons. The standard InChI is InChI=1S/C18H23NO2/c20-18(19-11-10-14-6-2-1-3-7-14)16-12-15-8-4-5-9-17(15)21-13-16/h4-6,8-9,16H,1-3,7,10-13H2,(H,19,20). The highest BCUT2D eigenvalue weighted by atomic mass is 16.5. The van der Waals surface area contributed by atoms with E-state index in [2.05, 4.69) is 11.4 Å². The van der Waals surface area contributed by atoms with Crippen molar-refractivity contribution in [3.8, 4) is 5.75 Å². The van der Waals surface area contributed by atoms with Crippen LogP contribution in [0.2, 0.25) is 0 Å². The van der Waals surface area contributed by atoms with Gasteiger partial charge >= 0.3 is 0 Å². The molecule has 1 atom stereocenters. The summed E-state index contributed by atoms with van der Waals surface area (Å²) in [6.45, 7) is 1.24. The van der Waals surface area contributed by atoms with Crippen molar-refractivity contribution in [2.45, 2.75) is 38.5 Å². The van der Waals surface area contributed by atoms with Crippen molar-refractivity contribution in [1.29, 1.82) is 0 Å². The third-order valence-electron chi connectivity index (χ3n) is 4.38. The van der Waals surface area contributed by atoms with Gasteiger partial charge in [-0.05, 0) is 50.2 Å². The first kappa shape index (κ1) is 14.2. The Hall–Kier alpha value is -1.77. The van der Waals surface area contributed by atoms with Crippen LogP contribution in [0.15, 0.2) is 35.9 Å². The van der Waals surface area contributed by atoms with E-state index in [9.17, 15) is 4.79 Å². The van der Waals surface area contributed by atoms with E-state index >= 15 is 0 Å². The Balaban J connectivity index is 1.47. The third kappa shape index (κ3) is 3.66. The van der Waals surface area contributed by atoms with Gasteiger partial charge in [0.05, 0.1) is 5.92 Å². The van der Waals surface area contributed by atoms with Crippen molar-refractivity contribution in [3.63, 3.8) is 0 Å². The van der Waals surface area contributed by atoms with Crippen molar-refractivity contribution in [1.82, 2.24) is 5.32 Å². The van der Waals surface area contributed by atoms with E-state index < -0.39 is 0 Å². The Morgan fingerprint density at radius 1 is 1.29 bits per heavy atom. The Morgan fingerprint density at radius 2 is 2.19 bits per heavy atom. The number of carbonyl (C=O) groups excluding carboxylic acids is 1. The predicted molar refractivity (Wildman–Crippen MR) is 83.3 cm³/mol. The highest BCUT2D eigenvalue weighted by molar-refractivity contribution is 5.79. The monoisotopic (exact) mass is 285 g/mol. The second-order valence-corrected chi connectivity index (χ2v) is 5.97. The number of rotatable bonds is 4. The molecule has 1 aromatic carbocycles. The topological polar surface area (TPSA) is 38.3 Å². The fraction of sp³-hybridized carbons (Fsp3) is 0.500. The van der Waals surface area contributed by atoms with Crippen LogP contribution in [-0.4, -0.2) is 19.1 Å². The number of allylic oxidation sites excluding steroid dienone is 1. The summed E-state index contributed by atoms with van der Waals surface area (Å²) < 4.78 is 5.68. The van der Waals surface area contributed by atoms with Crippen molar-refractivity contribution in [3.05, 3.63) is 41.5 Å². The van der Waals surface area contributed by atoms with E-state index in [1.54, 1.807) is 0 Å². The van der Waals surface area contributed by atoms with Crippen LogP contribution < -0.4 is 10.1 Å². The van der Waals surface area contributed by atoms with E-state index in [4.69, 9.17) is 4.74 Å². The number of carbonyl (C=O) groups is 1. The number of fused-ring (bicyclic) bond motifs is 1. The van der Waals surface area contributed by atoms with Gasteiger partial charge in [0.15, 0.2) is 0 Å². The minimum atomic E-state index is -0.0553. The summed E-state index contributed by atoms with van der Waals surface area (Å²) in [5, 5.41) is 3.07. The highest BCUT2D eigenvalue weighted by Gasteiger charge is 2.25. The lowest BCUT2D eigenvalue weighted by molar-refractivity contribution is -0.126. The van der Waals surface area contributed by atoms with Gasteiger partial charge in [-0.3, -0.25) is 4.79 Å². The number of hydrogen-bond acceptors (Lipinski definition) is 2. The smallest absolute Gasteiger partial charge is 0.226 e. The van der Waals surface area contributed by atoms with Gasteiger partial charge in [-0.2, -0.15) is 0 Å². The first-order chi connectivity index (χ1) is 10.3. The first-order valence-electron chi connectivity index (χ1n) is 7.99. The number of para-hydroxylation sites is 1. The molecule has 1 aliphatic carbocycles. The molecule has 0 saturated heterocycles. The van der Waals surface area contributed by atoms with E-state index in [0.717, 1.165) is 30.7 Å². The van der Waals surface area contributed by atoms with Gasteiger partial charge in [0.25, 0.3) is 0 Å². The number of amides is 1. The highest BCUT2D eigenvalue weighted by Crippen LogP contribution is 2.26. The Bertz CT molecular complexity index is 536. The molecular formula is C18H23NO2. The average molecular weight is 285 g/mol. The summed E-state index contributed by atoms with van der Waals surface area (Å²) in [6.07, 6.45) is 9.14. The zero-order valence-corrected chi connectivity index (χ0v) is 12.4. The van der Waals surface area contributed by atoms with Crippen LogP contribution >= 0.6 is 0 Å². The maximum absolute atomic E-state index is 12.2. The summed E-state index contributed by atoms with van der Waals surface area (Å²) in [6, 6.07) is 7.98. The molecule has 1 unspecified atom stereocenters.